The van der Waals surface area contributed by atoms with Crippen molar-refractivity contribution in [3.05, 3.63) is 47.7 Å². The highest BCUT2D eigenvalue weighted by Gasteiger charge is 2.09. The number of hydrogen-bond donors (Lipinski definition) is 2. The van der Waals surface area contributed by atoms with Gasteiger partial charge in [-0.1, -0.05) is 16.6 Å². The molecule has 0 aliphatic rings. The van der Waals surface area contributed by atoms with Crippen LogP contribution in [-0.4, -0.2) is 25.7 Å². The van der Waals surface area contributed by atoms with Gasteiger partial charge in [0.05, 0.1) is 12.4 Å². The zero-order valence-corrected chi connectivity index (χ0v) is 10.5. The van der Waals surface area contributed by atoms with Crippen LogP contribution >= 0.6 is 11.5 Å². The molecule has 0 saturated carbocycles. The van der Waals surface area contributed by atoms with E-state index in [0.29, 0.717) is 4.88 Å². The van der Waals surface area contributed by atoms with Crippen LogP contribution in [0.25, 0.3) is 11.1 Å². The molecule has 3 rings (SSSR count). The fourth-order valence-electron chi connectivity index (χ4n) is 1.65. The smallest absolute Gasteiger partial charge is 0.269 e. The Morgan fingerprint density at radius 2 is 2.21 bits per heavy atom. The summed E-state index contributed by atoms with van der Waals surface area (Å²) >= 11 is 1.06. The van der Waals surface area contributed by atoms with Gasteiger partial charge in [-0.3, -0.25) is 9.89 Å². The Morgan fingerprint density at radius 3 is 2.95 bits per heavy atom. The van der Waals surface area contributed by atoms with Crippen molar-refractivity contribution >= 4 is 23.1 Å². The summed E-state index contributed by atoms with van der Waals surface area (Å²) in [5, 5.41) is 13.1. The summed E-state index contributed by atoms with van der Waals surface area (Å²) in [6.07, 6.45) is 4.97. The fourth-order valence-corrected chi connectivity index (χ4v) is 2.06. The van der Waals surface area contributed by atoms with Gasteiger partial charge in [0, 0.05) is 17.4 Å². The molecular weight excluding hydrogens is 262 g/mol. The number of nitrogens with one attached hydrogen (secondary N) is 2. The molecule has 0 radical (unpaired) electrons. The molecule has 1 aromatic carbocycles. The number of rotatable bonds is 3. The first-order valence-electron chi connectivity index (χ1n) is 5.51. The minimum atomic E-state index is -0.209. The van der Waals surface area contributed by atoms with Crippen molar-refractivity contribution in [1.29, 1.82) is 0 Å². The van der Waals surface area contributed by atoms with Crippen LogP contribution < -0.4 is 5.32 Å². The zero-order chi connectivity index (χ0) is 13.1. The van der Waals surface area contributed by atoms with Crippen LogP contribution in [-0.2, 0) is 0 Å². The first kappa shape index (κ1) is 11.5. The number of H-pyrrole nitrogens is 1. The van der Waals surface area contributed by atoms with Crippen molar-refractivity contribution in [2.45, 2.75) is 0 Å². The second-order valence-electron chi connectivity index (χ2n) is 3.80. The van der Waals surface area contributed by atoms with Gasteiger partial charge in [-0.25, -0.2) is 0 Å². The number of anilines is 1. The number of amides is 1. The molecule has 1 amide bonds. The van der Waals surface area contributed by atoms with Gasteiger partial charge in [0.25, 0.3) is 5.91 Å². The number of benzene rings is 1. The molecule has 0 bridgehead atoms. The molecule has 0 atom stereocenters. The summed E-state index contributed by atoms with van der Waals surface area (Å²) in [6.45, 7) is 0. The standard InChI is InChI=1S/C12H9N5OS/c18-12(11-7-15-17-19-11)16-10-3-1-2-8(4-10)9-5-13-14-6-9/h1-7H,(H,13,14)(H,16,18). The third kappa shape index (κ3) is 2.50. The summed E-state index contributed by atoms with van der Waals surface area (Å²) in [5.74, 6) is -0.209. The molecule has 3 aromatic rings. The molecule has 6 nitrogen and oxygen atoms in total. The summed E-state index contributed by atoms with van der Waals surface area (Å²) in [6, 6.07) is 7.55. The van der Waals surface area contributed by atoms with Crippen molar-refractivity contribution < 1.29 is 4.79 Å². The topological polar surface area (TPSA) is 83.6 Å². The van der Waals surface area contributed by atoms with E-state index in [0.717, 1.165) is 28.3 Å². The minimum Gasteiger partial charge on any atom is -0.321 e. The normalized spacial score (nSPS) is 10.3. The van der Waals surface area contributed by atoms with Crippen molar-refractivity contribution in [1.82, 2.24) is 19.8 Å². The van der Waals surface area contributed by atoms with Crippen LogP contribution in [0.1, 0.15) is 9.67 Å². The quantitative estimate of drug-likeness (QED) is 0.764. The van der Waals surface area contributed by atoms with Gasteiger partial charge in [0.1, 0.15) is 4.88 Å². The fraction of sp³-hybridized carbons (Fsp3) is 0. The predicted octanol–water partition coefficient (Wildman–Crippen LogP) is 2.18. The lowest BCUT2D eigenvalue weighted by Crippen LogP contribution is -2.10. The van der Waals surface area contributed by atoms with Gasteiger partial charge >= 0.3 is 0 Å². The predicted molar refractivity (Wildman–Crippen MR) is 71.9 cm³/mol. The van der Waals surface area contributed by atoms with Gasteiger partial charge in [-0.15, -0.1) is 5.10 Å². The molecule has 0 unspecified atom stereocenters. The lowest BCUT2D eigenvalue weighted by Gasteiger charge is -2.04. The molecule has 0 saturated heterocycles. The van der Waals surface area contributed by atoms with Crippen molar-refractivity contribution in [2.24, 2.45) is 0 Å². The van der Waals surface area contributed by atoms with Gasteiger partial charge in [0.2, 0.25) is 0 Å². The Bertz CT molecular complexity index is 678. The van der Waals surface area contributed by atoms with Crippen LogP contribution in [0.15, 0.2) is 42.9 Å². The number of hydrogen-bond acceptors (Lipinski definition) is 5. The minimum absolute atomic E-state index is 0.209. The lowest BCUT2D eigenvalue weighted by atomic mass is 10.1. The number of carbonyl (C=O) groups is 1. The Balaban J connectivity index is 1.82. The van der Waals surface area contributed by atoms with Gasteiger partial charge in [-0.05, 0) is 29.2 Å². The van der Waals surface area contributed by atoms with Gasteiger partial charge in [0.15, 0.2) is 0 Å². The molecule has 0 fully saturated rings. The summed E-state index contributed by atoms with van der Waals surface area (Å²) < 4.78 is 3.66. The highest BCUT2D eigenvalue weighted by atomic mass is 32.1. The summed E-state index contributed by atoms with van der Waals surface area (Å²) in [7, 11) is 0. The lowest BCUT2D eigenvalue weighted by molar-refractivity contribution is 0.103. The molecule has 19 heavy (non-hydrogen) atoms. The molecular formula is C12H9N5OS. The molecule has 7 heteroatoms. The van der Waals surface area contributed by atoms with E-state index in [4.69, 9.17) is 0 Å². The SMILES string of the molecule is O=C(Nc1cccc(-c2cn[nH]c2)c1)c1cnns1. The monoisotopic (exact) mass is 271 g/mol. The third-order valence-corrected chi connectivity index (χ3v) is 3.20. The molecule has 0 aliphatic heterocycles. The number of aromatic nitrogens is 4. The van der Waals surface area contributed by atoms with Crippen molar-refractivity contribution in [3.8, 4) is 11.1 Å². The van der Waals surface area contributed by atoms with E-state index in [1.165, 1.54) is 6.20 Å². The number of carbonyl (C=O) groups excluding carboxylic acids is 1. The first-order valence-corrected chi connectivity index (χ1v) is 6.28. The maximum absolute atomic E-state index is 11.9. The molecule has 0 aliphatic carbocycles. The second-order valence-corrected chi connectivity index (χ2v) is 4.59. The maximum atomic E-state index is 11.9. The van der Waals surface area contributed by atoms with E-state index in [-0.39, 0.29) is 5.91 Å². The van der Waals surface area contributed by atoms with E-state index in [9.17, 15) is 4.79 Å². The number of aromatic amines is 1. The molecule has 0 spiro atoms. The Kier molecular flexibility index (Phi) is 3.03. The zero-order valence-electron chi connectivity index (χ0n) is 9.70. The largest absolute Gasteiger partial charge is 0.321 e. The average Bonchev–Trinajstić information content (AvgIpc) is 3.13. The Labute approximate surface area is 112 Å². The van der Waals surface area contributed by atoms with Crippen molar-refractivity contribution in [2.75, 3.05) is 5.32 Å². The highest BCUT2D eigenvalue weighted by Crippen LogP contribution is 2.21. The number of nitrogens with zero attached hydrogens (tertiary/aromatic N) is 3. The van der Waals surface area contributed by atoms with E-state index >= 15 is 0 Å². The maximum Gasteiger partial charge on any atom is 0.269 e. The average molecular weight is 271 g/mol. The molecule has 2 heterocycles. The van der Waals surface area contributed by atoms with Crippen LogP contribution in [0.5, 0.6) is 0 Å². The molecule has 2 N–H and O–H groups in total. The molecule has 2 aromatic heterocycles. The second kappa shape index (κ2) is 4.99. The van der Waals surface area contributed by atoms with E-state index in [1.807, 2.05) is 24.3 Å². The van der Waals surface area contributed by atoms with E-state index in [2.05, 4.69) is 25.1 Å². The van der Waals surface area contributed by atoms with Gasteiger partial charge < -0.3 is 5.32 Å². The third-order valence-electron chi connectivity index (χ3n) is 2.54. The van der Waals surface area contributed by atoms with Crippen LogP contribution in [0.3, 0.4) is 0 Å². The van der Waals surface area contributed by atoms with Crippen LogP contribution in [0, 0.1) is 0 Å². The Hall–Kier alpha value is -2.54. The highest BCUT2D eigenvalue weighted by molar-refractivity contribution is 7.07. The van der Waals surface area contributed by atoms with E-state index in [1.54, 1.807) is 12.4 Å². The summed E-state index contributed by atoms with van der Waals surface area (Å²) in [4.78, 5) is 12.4. The van der Waals surface area contributed by atoms with Crippen LogP contribution in [0.4, 0.5) is 5.69 Å². The summed E-state index contributed by atoms with van der Waals surface area (Å²) in [5.41, 5.74) is 2.67. The van der Waals surface area contributed by atoms with E-state index < -0.39 is 0 Å². The van der Waals surface area contributed by atoms with Crippen molar-refractivity contribution in [3.63, 3.8) is 0 Å². The molecule has 94 valence electrons. The first-order chi connectivity index (χ1) is 9.33. The van der Waals surface area contributed by atoms with Gasteiger partial charge in [-0.2, -0.15) is 5.10 Å². The Morgan fingerprint density at radius 1 is 1.26 bits per heavy atom. The van der Waals surface area contributed by atoms with Crippen LogP contribution in [0.2, 0.25) is 0 Å².